The lowest BCUT2D eigenvalue weighted by atomic mass is 10.2. The Morgan fingerprint density at radius 1 is 1.60 bits per heavy atom. The van der Waals surface area contributed by atoms with Gasteiger partial charge in [0, 0.05) is 11.1 Å². The van der Waals surface area contributed by atoms with E-state index in [9.17, 15) is 5.11 Å². The van der Waals surface area contributed by atoms with Crippen molar-refractivity contribution in [1.82, 2.24) is 4.98 Å². The molecule has 0 saturated heterocycles. The van der Waals surface area contributed by atoms with Crippen molar-refractivity contribution in [3.63, 3.8) is 0 Å². The molecular formula is C7H11NOS. The van der Waals surface area contributed by atoms with Gasteiger partial charge in [-0.3, -0.25) is 0 Å². The van der Waals surface area contributed by atoms with Crippen molar-refractivity contribution in [2.75, 3.05) is 0 Å². The Morgan fingerprint density at radius 2 is 2.20 bits per heavy atom. The molecule has 0 aliphatic rings. The SMILES string of the molecule is Cc1csc(C(C)(C)O)n1. The molecule has 0 radical (unpaired) electrons. The van der Waals surface area contributed by atoms with Crippen LogP contribution < -0.4 is 0 Å². The fourth-order valence-corrected chi connectivity index (χ4v) is 1.45. The van der Waals surface area contributed by atoms with Crippen molar-refractivity contribution in [3.05, 3.63) is 16.1 Å². The van der Waals surface area contributed by atoms with Gasteiger partial charge in [0.25, 0.3) is 0 Å². The Hall–Kier alpha value is -0.410. The van der Waals surface area contributed by atoms with Gasteiger partial charge in [0.05, 0.1) is 0 Å². The number of hydrogen-bond acceptors (Lipinski definition) is 3. The minimum atomic E-state index is -0.779. The highest BCUT2D eigenvalue weighted by molar-refractivity contribution is 7.09. The monoisotopic (exact) mass is 157 g/mol. The van der Waals surface area contributed by atoms with Gasteiger partial charge in [-0.25, -0.2) is 4.98 Å². The summed E-state index contributed by atoms with van der Waals surface area (Å²) in [4.78, 5) is 4.15. The molecular weight excluding hydrogens is 146 g/mol. The molecule has 2 nitrogen and oxygen atoms in total. The van der Waals surface area contributed by atoms with Crippen molar-refractivity contribution in [1.29, 1.82) is 0 Å². The maximum Gasteiger partial charge on any atom is 0.124 e. The highest BCUT2D eigenvalue weighted by Crippen LogP contribution is 2.22. The zero-order chi connectivity index (χ0) is 7.78. The number of nitrogens with zero attached hydrogens (tertiary/aromatic N) is 1. The number of thiazole rings is 1. The molecule has 0 spiro atoms. The second kappa shape index (κ2) is 2.32. The smallest absolute Gasteiger partial charge is 0.124 e. The van der Waals surface area contributed by atoms with Crippen LogP contribution in [0.5, 0.6) is 0 Å². The molecule has 1 N–H and O–H groups in total. The standard InChI is InChI=1S/C7H11NOS/c1-5-4-10-6(8-5)7(2,3)9/h4,9H,1-3H3. The third-order valence-electron chi connectivity index (χ3n) is 1.14. The summed E-state index contributed by atoms with van der Waals surface area (Å²) in [5.74, 6) is 0. The van der Waals surface area contributed by atoms with Crippen LogP contribution in [0, 0.1) is 6.92 Å². The second-order valence-corrected chi connectivity index (χ2v) is 3.71. The lowest BCUT2D eigenvalue weighted by molar-refractivity contribution is 0.0781. The molecule has 0 bridgehead atoms. The topological polar surface area (TPSA) is 33.1 Å². The van der Waals surface area contributed by atoms with Crippen LogP contribution in [-0.2, 0) is 5.60 Å². The van der Waals surface area contributed by atoms with Gasteiger partial charge in [-0.05, 0) is 20.8 Å². The van der Waals surface area contributed by atoms with E-state index in [0.717, 1.165) is 10.7 Å². The molecule has 56 valence electrons. The van der Waals surface area contributed by atoms with E-state index in [-0.39, 0.29) is 0 Å². The number of hydrogen-bond donors (Lipinski definition) is 1. The van der Waals surface area contributed by atoms with E-state index < -0.39 is 5.60 Å². The van der Waals surface area contributed by atoms with Gasteiger partial charge in [-0.2, -0.15) is 0 Å². The first kappa shape index (κ1) is 7.69. The molecule has 0 fully saturated rings. The molecule has 0 saturated carbocycles. The number of aryl methyl sites for hydroxylation is 1. The summed E-state index contributed by atoms with van der Waals surface area (Å²) in [6, 6.07) is 0. The van der Waals surface area contributed by atoms with Crippen LogP contribution >= 0.6 is 11.3 Å². The van der Waals surface area contributed by atoms with Crippen molar-refractivity contribution >= 4 is 11.3 Å². The Morgan fingerprint density at radius 3 is 2.40 bits per heavy atom. The van der Waals surface area contributed by atoms with Gasteiger partial charge in [-0.15, -0.1) is 11.3 Å². The minimum Gasteiger partial charge on any atom is -0.383 e. The lowest BCUT2D eigenvalue weighted by Crippen LogP contribution is -2.14. The van der Waals surface area contributed by atoms with E-state index in [1.807, 2.05) is 12.3 Å². The molecule has 0 amide bonds. The highest BCUT2D eigenvalue weighted by atomic mass is 32.1. The van der Waals surface area contributed by atoms with Gasteiger partial charge >= 0.3 is 0 Å². The highest BCUT2D eigenvalue weighted by Gasteiger charge is 2.18. The van der Waals surface area contributed by atoms with Crippen molar-refractivity contribution in [2.24, 2.45) is 0 Å². The minimum absolute atomic E-state index is 0.779. The summed E-state index contributed by atoms with van der Waals surface area (Å²) in [5, 5.41) is 12.2. The van der Waals surface area contributed by atoms with Crippen LogP contribution in [0.2, 0.25) is 0 Å². The Balaban J connectivity index is 2.96. The molecule has 0 aromatic carbocycles. The maximum atomic E-state index is 9.45. The summed E-state index contributed by atoms with van der Waals surface area (Å²) >= 11 is 1.50. The lowest BCUT2D eigenvalue weighted by Gasteiger charge is -2.12. The van der Waals surface area contributed by atoms with Crippen LogP contribution in [0.25, 0.3) is 0 Å². The fourth-order valence-electron chi connectivity index (χ4n) is 0.635. The van der Waals surface area contributed by atoms with E-state index in [4.69, 9.17) is 0 Å². The summed E-state index contributed by atoms with van der Waals surface area (Å²) in [7, 11) is 0. The predicted molar refractivity (Wildman–Crippen MR) is 42.1 cm³/mol. The van der Waals surface area contributed by atoms with E-state index >= 15 is 0 Å². The summed E-state index contributed by atoms with van der Waals surface area (Å²) in [6.07, 6.45) is 0. The maximum absolute atomic E-state index is 9.45. The molecule has 1 heterocycles. The van der Waals surface area contributed by atoms with Crippen LogP contribution in [-0.4, -0.2) is 10.1 Å². The third-order valence-corrected chi connectivity index (χ3v) is 2.42. The van der Waals surface area contributed by atoms with Crippen LogP contribution in [0.15, 0.2) is 5.38 Å². The van der Waals surface area contributed by atoms with Crippen molar-refractivity contribution in [2.45, 2.75) is 26.4 Å². The zero-order valence-electron chi connectivity index (χ0n) is 6.38. The Labute approximate surface area is 64.5 Å². The number of aliphatic hydroxyl groups is 1. The first-order valence-corrected chi connectivity index (χ1v) is 4.03. The first-order valence-electron chi connectivity index (χ1n) is 3.15. The van der Waals surface area contributed by atoms with Crippen molar-refractivity contribution < 1.29 is 5.11 Å². The third kappa shape index (κ3) is 1.55. The van der Waals surface area contributed by atoms with Crippen LogP contribution in [0.1, 0.15) is 24.5 Å². The average molecular weight is 157 g/mol. The van der Waals surface area contributed by atoms with Gasteiger partial charge in [-0.1, -0.05) is 0 Å². The summed E-state index contributed by atoms with van der Waals surface area (Å²) < 4.78 is 0. The Bertz CT molecular complexity index is 224. The van der Waals surface area contributed by atoms with Crippen LogP contribution in [0.3, 0.4) is 0 Å². The molecule has 1 aromatic heterocycles. The summed E-state index contributed by atoms with van der Waals surface area (Å²) in [6.45, 7) is 5.41. The average Bonchev–Trinajstić information content (AvgIpc) is 2.11. The van der Waals surface area contributed by atoms with Gasteiger partial charge in [0.2, 0.25) is 0 Å². The molecule has 0 unspecified atom stereocenters. The number of rotatable bonds is 1. The van der Waals surface area contributed by atoms with E-state index in [1.165, 1.54) is 11.3 Å². The zero-order valence-corrected chi connectivity index (χ0v) is 7.20. The normalized spacial score (nSPS) is 12.0. The predicted octanol–water partition coefficient (Wildman–Crippen LogP) is 1.68. The number of aromatic nitrogens is 1. The van der Waals surface area contributed by atoms with Crippen molar-refractivity contribution in [3.8, 4) is 0 Å². The molecule has 1 rings (SSSR count). The second-order valence-electron chi connectivity index (χ2n) is 2.85. The van der Waals surface area contributed by atoms with E-state index in [0.29, 0.717) is 0 Å². The molecule has 0 atom stereocenters. The Kier molecular flexibility index (Phi) is 1.79. The first-order chi connectivity index (χ1) is 4.50. The van der Waals surface area contributed by atoms with Crippen LogP contribution in [0.4, 0.5) is 0 Å². The van der Waals surface area contributed by atoms with Gasteiger partial charge < -0.3 is 5.11 Å². The molecule has 0 aliphatic heterocycles. The van der Waals surface area contributed by atoms with Gasteiger partial charge in [0.1, 0.15) is 10.6 Å². The van der Waals surface area contributed by atoms with Gasteiger partial charge in [0.15, 0.2) is 0 Å². The summed E-state index contributed by atoms with van der Waals surface area (Å²) in [5.41, 5.74) is 0.195. The molecule has 10 heavy (non-hydrogen) atoms. The fraction of sp³-hybridized carbons (Fsp3) is 0.571. The quantitative estimate of drug-likeness (QED) is 0.672. The molecule has 1 aromatic rings. The molecule has 0 aliphatic carbocycles. The van der Waals surface area contributed by atoms with E-state index in [2.05, 4.69) is 4.98 Å². The largest absolute Gasteiger partial charge is 0.383 e. The van der Waals surface area contributed by atoms with E-state index in [1.54, 1.807) is 13.8 Å². The molecule has 3 heteroatoms.